The van der Waals surface area contributed by atoms with E-state index in [0.717, 1.165) is 16.9 Å². The van der Waals surface area contributed by atoms with Gasteiger partial charge in [-0.2, -0.15) is 0 Å². The zero-order chi connectivity index (χ0) is 20.5. The molecule has 0 spiro atoms. The van der Waals surface area contributed by atoms with Gasteiger partial charge in [0.15, 0.2) is 0 Å². The lowest BCUT2D eigenvalue weighted by molar-refractivity contribution is -0.146. The summed E-state index contributed by atoms with van der Waals surface area (Å²) in [7, 11) is -1.36. The Labute approximate surface area is 176 Å². The van der Waals surface area contributed by atoms with Crippen molar-refractivity contribution in [2.75, 3.05) is 6.54 Å². The highest BCUT2D eigenvalue weighted by atomic mass is 35.5. The Morgan fingerprint density at radius 2 is 2.14 bits per heavy atom. The lowest BCUT2D eigenvalue weighted by Gasteiger charge is -2.21. The summed E-state index contributed by atoms with van der Waals surface area (Å²) >= 11 is 7.84. The minimum atomic E-state index is -1.36. The average molecular weight is 442 g/mol. The standard InChI is InChI=1S/C20H24ClNO4S2/c1-4-14-12-22(28(25)17-8-6-5-7-16(17)26-14)11-13-9-15(27-18(13)21)10-20(2,3)19(23)24/h5-9,14H,4,10-12H2,1-3H3,(H,23,24)/t14-,28?/m1/s1. The van der Waals surface area contributed by atoms with Crippen molar-refractivity contribution in [2.45, 2.75) is 51.2 Å². The van der Waals surface area contributed by atoms with Gasteiger partial charge in [0, 0.05) is 18.0 Å². The van der Waals surface area contributed by atoms with Gasteiger partial charge in [0.1, 0.15) is 22.8 Å². The largest absolute Gasteiger partial charge is 0.488 e. The van der Waals surface area contributed by atoms with E-state index in [9.17, 15) is 14.1 Å². The van der Waals surface area contributed by atoms with Crippen LogP contribution in [0.1, 0.15) is 37.6 Å². The SMILES string of the molecule is CC[C@@H]1CN(Cc2cc(CC(C)(C)C(=O)O)sc2Cl)S(=O)c2ccccc2O1. The van der Waals surface area contributed by atoms with Gasteiger partial charge in [0.05, 0.1) is 14.6 Å². The third-order valence-corrected chi connectivity index (χ3v) is 7.68. The van der Waals surface area contributed by atoms with Crippen LogP contribution in [-0.4, -0.2) is 32.2 Å². The van der Waals surface area contributed by atoms with E-state index in [2.05, 4.69) is 0 Å². The second-order valence-corrected chi connectivity index (χ2v) is 10.7. The van der Waals surface area contributed by atoms with Gasteiger partial charge in [-0.3, -0.25) is 4.79 Å². The fourth-order valence-electron chi connectivity index (χ4n) is 3.04. The maximum atomic E-state index is 13.2. The van der Waals surface area contributed by atoms with Crippen LogP contribution in [0.15, 0.2) is 35.2 Å². The lowest BCUT2D eigenvalue weighted by Crippen LogP contribution is -2.33. The van der Waals surface area contributed by atoms with Crippen molar-refractivity contribution in [3.63, 3.8) is 0 Å². The quantitative estimate of drug-likeness (QED) is 0.702. The molecule has 0 fully saturated rings. The van der Waals surface area contributed by atoms with E-state index in [-0.39, 0.29) is 6.10 Å². The van der Waals surface area contributed by atoms with Gasteiger partial charge in [0.2, 0.25) is 0 Å². The van der Waals surface area contributed by atoms with Crippen molar-refractivity contribution in [3.05, 3.63) is 45.1 Å². The fraction of sp³-hybridized carbons (Fsp3) is 0.450. The first kappa shape index (κ1) is 21.3. The zero-order valence-corrected chi connectivity index (χ0v) is 18.5. The number of nitrogens with zero attached hydrogens (tertiary/aromatic N) is 1. The van der Waals surface area contributed by atoms with Gasteiger partial charge in [-0.15, -0.1) is 11.3 Å². The molecule has 0 saturated carbocycles. The molecule has 0 saturated heterocycles. The molecule has 1 aliphatic heterocycles. The van der Waals surface area contributed by atoms with Crippen molar-refractivity contribution in [1.29, 1.82) is 0 Å². The number of halogens is 1. The Balaban J connectivity index is 1.84. The molecule has 1 unspecified atom stereocenters. The van der Waals surface area contributed by atoms with Crippen molar-refractivity contribution in [3.8, 4) is 5.75 Å². The Bertz CT molecular complexity index is 896. The average Bonchev–Trinajstić information content (AvgIpc) is 2.90. The first-order valence-electron chi connectivity index (χ1n) is 9.14. The van der Waals surface area contributed by atoms with Crippen LogP contribution in [0.25, 0.3) is 0 Å². The number of aliphatic carboxylic acids is 1. The van der Waals surface area contributed by atoms with E-state index in [1.165, 1.54) is 11.3 Å². The molecular formula is C20H24ClNO4S2. The van der Waals surface area contributed by atoms with Gasteiger partial charge in [-0.25, -0.2) is 8.51 Å². The predicted molar refractivity (Wildman–Crippen MR) is 112 cm³/mol. The van der Waals surface area contributed by atoms with E-state index in [1.54, 1.807) is 13.8 Å². The van der Waals surface area contributed by atoms with Crippen LogP contribution >= 0.6 is 22.9 Å². The van der Waals surface area contributed by atoms with Crippen LogP contribution in [0.5, 0.6) is 5.75 Å². The Morgan fingerprint density at radius 3 is 2.82 bits per heavy atom. The van der Waals surface area contributed by atoms with E-state index >= 15 is 0 Å². The smallest absolute Gasteiger partial charge is 0.309 e. The summed E-state index contributed by atoms with van der Waals surface area (Å²) in [5.41, 5.74) is 0.00202. The van der Waals surface area contributed by atoms with Crippen LogP contribution in [0, 0.1) is 5.41 Å². The molecule has 3 rings (SSSR count). The second-order valence-electron chi connectivity index (χ2n) is 7.54. The topological polar surface area (TPSA) is 66.8 Å². The number of benzene rings is 1. The molecule has 5 nitrogen and oxygen atoms in total. The molecule has 1 aromatic heterocycles. The molecule has 2 aromatic rings. The van der Waals surface area contributed by atoms with Gasteiger partial charge < -0.3 is 9.84 Å². The minimum Gasteiger partial charge on any atom is -0.488 e. The normalized spacial score (nSPS) is 20.3. The van der Waals surface area contributed by atoms with E-state index in [4.69, 9.17) is 16.3 Å². The summed E-state index contributed by atoms with van der Waals surface area (Å²) in [5.74, 6) is -0.178. The predicted octanol–water partition coefficient (Wildman–Crippen LogP) is 4.75. The third kappa shape index (κ3) is 4.59. The summed E-state index contributed by atoms with van der Waals surface area (Å²) in [6.07, 6.45) is 1.15. The number of fused-ring (bicyclic) bond motifs is 1. The highest BCUT2D eigenvalue weighted by Gasteiger charge is 2.31. The first-order chi connectivity index (χ1) is 13.2. The molecule has 0 aliphatic carbocycles. The van der Waals surface area contributed by atoms with Crippen LogP contribution in [0.2, 0.25) is 4.34 Å². The Morgan fingerprint density at radius 1 is 1.43 bits per heavy atom. The maximum absolute atomic E-state index is 13.2. The molecule has 152 valence electrons. The monoisotopic (exact) mass is 441 g/mol. The van der Waals surface area contributed by atoms with Crippen molar-refractivity contribution in [2.24, 2.45) is 5.41 Å². The number of hydrogen-bond donors (Lipinski definition) is 1. The highest BCUT2D eigenvalue weighted by molar-refractivity contribution is 7.82. The van der Waals surface area contributed by atoms with Gasteiger partial charge in [0.25, 0.3) is 0 Å². The molecule has 0 amide bonds. The molecule has 0 bridgehead atoms. The summed E-state index contributed by atoms with van der Waals surface area (Å²) in [6.45, 7) is 6.39. The number of carbonyl (C=O) groups is 1. The summed E-state index contributed by atoms with van der Waals surface area (Å²) in [6, 6.07) is 9.35. The van der Waals surface area contributed by atoms with Crippen molar-refractivity contribution < 1.29 is 18.8 Å². The number of para-hydroxylation sites is 1. The molecule has 1 N–H and O–H groups in total. The van der Waals surface area contributed by atoms with E-state index < -0.39 is 22.4 Å². The molecule has 2 heterocycles. The van der Waals surface area contributed by atoms with E-state index in [1.807, 2.05) is 41.6 Å². The fourth-order valence-corrected chi connectivity index (χ4v) is 5.89. The Hall–Kier alpha value is -1.41. The molecule has 1 aliphatic rings. The van der Waals surface area contributed by atoms with Gasteiger partial charge in [-0.1, -0.05) is 30.7 Å². The molecule has 8 heteroatoms. The van der Waals surface area contributed by atoms with Gasteiger partial charge >= 0.3 is 5.97 Å². The molecule has 0 radical (unpaired) electrons. The van der Waals surface area contributed by atoms with Gasteiger partial charge in [-0.05, 0) is 50.5 Å². The van der Waals surface area contributed by atoms with Crippen LogP contribution in [0.3, 0.4) is 0 Å². The number of carboxylic acids is 1. The molecule has 1 aromatic carbocycles. The van der Waals surface area contributed by atoms with E-state index in [0.29, 0.717) is 34.5 Å². The number of rotatable bonds is 6. The highest BCUT2D eigenvalue weighted by Crippen LogP contribution is 2.35. The number of ether oxygens (including phenoxy) is 1. The molecule has 2 atom stereocenters. The third-order valence-electron chi connectivity index (χ3n) is 4.78. The lowest BCUT2D eigenvalue weighted by atomic mass is 9.89. The second kappa shape index (κ2) is 8.53. The van der Waals surface area contributed by atoms with Crippen molar-refractivity contribution in [1.82, 2.24) is 4.31 Å². The van der Waals surface area contributed by atoms with Crippen LogP contribution < -0.4 is 4.74 Å². The summed E-state index contributed by atoms with van der Waals surface area (Å²) in [5, 5.41) is 9.36. The minimum absolute atomic E-state index is 0.0598. The summed E-state index contributed by atoms with van der Waals surface area (Å²) in [4.78, 5) is 13.0. The number of hydrogen-bond acceptors (Lipinski definition) is 4. The number of carboxylic acid groups (broad SMARTS) is 1. The zero-order valence-electron chi connectivity index (χ0n) is 16.1. The maximum Gasteiger partial charge on any atom is 0.309 e. The molecule has 28 heavy (non-hydrogen) atoms. The van der Waals surface area contributed by atoms with Crippen LogP contribution in [-0.2, 0) is 28.7 Å². The summed E-state index contributed by atoms with van der Waals surface area (Å²) < 4.78 is 21.7. The number of thiophene rings is 1. The first-order valence-corrected chi connectivity index (χ1v) is 11.4. The molecular weight excluding hydrogens is 418 g/mol. The Kier molecular flexibility index (Phi) is 6.49. The van der Waals surface area contributed by atoms with Crippen LogP contribution in [0.4, 0.5) is 0 Å². The van der Waals surface area contributed by atoms with Crippen molar-refractivity contribution >= 4 is 39.9 Å².